The topological polar surface area (TPSA) is 95.6 Å². The summed E-state index contributed by atoms with van der Waals surface area (Å²) in [6, 6.07) is 3.15. The third kappa shape index (κ3) is 2.63. The quantitative estimate of drug-likeness (QED) is 0.711. The van der Waals surface area contributed by atoms with Crippen LogP contribution in [-0.4, -0.2) is 43.5 Å². The van der Waals surface area contributed by atoms with Crippen LogP contribution in [0, 0.1) is 6.92 Å². The molecule has 0 aliphatic rings. The molecule has 0 fully saturated rings. The van der Waals surface area contributed by atoms with Gasteiger partial charge in [-0.3, -0.25) is 0 Å². The normalized spacial score (nSPS) is 11.8. The van der Waals surface area contributed by atoms with E-state index in [1.165, 1.54) is 17.3 Å². The van der Waals surface area contributed by atoms with Crippen molar-refractivity contribution in [2.45, 2.75) is 18.7 Å². The molecule has 23 heavy (non-hydrogen) atoms. The van der Waals surface area contributed by atoms with Gasteiger partial charge in [-0.15, -0.1) is 0 Å². The summed E-state index contributed by atoms with van der Waals surface area (Å²) in [5.41, 5.74) is 1.23. The maximum Gasteiger partial charge on any atom is 0.180 e. The molecular weight excluding hydrogens is 316 g/mol. The molecule has 0 saturated carbocycles. The highest BCUT2D eigenvalue weighted by atomic mass is 32.2. The molecule has 0 aromatic carbocycles. The molecule has 3 rings (SSSR count). The van der Waals surface area contributed by atoms with Gasteiger partial charge in [0.2, 0.25) is 0 Å². The van der Waals surface area contributed by atoms with E-state index in [-0.39, 0.29) is 10.6 Å². The molecule has 0 unspecified atom stereocenters. The van der Waals surface area contributed by atoms with Crippen molar-refractivity contribution in [1.29, 1.82) is 0 Å². The first-order valence-corrected chi connectivity index (χ1v) is 8.66. The minimum Gasteiger partial charge on any atom is -0.330 e. The van der Waals surface area contributed by atoms with Crippen LogP contribution in [-0.2, 0) is 16.9 Å². The Morgan fingerprint density at radius 3 is 2.61 bits per heavy atom. The van der Waals surface area contributed by atoms with Crippen molar-refractivity contribution in [2.75, 3.05) is 5.75 Å². The monoisotopic (exact) mass is 332 g/mol. The van der Waals surface area contributed by atoms with Crippen LogP contribution in [0.2, 0.25) is 0 Å². The predicted molar refractivity (Wildman–Crippen MR) is 83.8 cm³/mol. The molecule has 3 aromatic heterocycles. The first kappa shape index (κ1) is 15.3. The highest BCUT2D eigenvalue weighted by Crippen LogP contribution is 2.26. The van der Waals surface area contributed by atoms with Crippen molar-refractivity contribution in [3.8, 4) is 17.3 Å². The molecule has 0 bridgehead atoms. The van der Waals surface area contributed by atoms with Crippen LogP contribution in [0.3, 0.4) is 0 Å². The van der Waals surface area contributed by atoms with Gasteiger partial charge in [-0.05, 0) is 19.1 Å². The lowest BCUT2D eigenvalue weighted by Crippen LogP contribution is -2.11. The maximum atomic E-state index is 12.4. The molecule has 0 atom stereocenters. The fourth-order valence-corrected chi connectivity index (χ4v) is 3.19. The summed E-state index contributed by atoms with van der Waals surface area (Å²) in [7, 11) is -1.61. The molecule has 3 aromatic rings. The van der Waals surface area contributed by atoms with Crippen molar-refractivity contribution in [1.82, 2.24) is 29.3 Å². The molecule has 0 saturated heterocycles. The number of sulfone groups is 1. The minimum absolute atomic E-state index is 0.00619. The summed E-state index contributed by atoms with van der Waals surface area (Å²) in [5, 5.41) is 4.03. The van der Waals surface area contributed by atoms with Gasteiger partial charge in [0.25, 0.3) is 0 Å². The van der Waals surface area contributed by atoms with Crippen molar-refractivity contribution in [3.05, 3.63) is 36.7 Å². The van der Waals surface area contributed by atoms with Gasteiger partial charge in [-0.2, -0.15) is 5.10 Å². The van der Waals surface area contributed by atoms with E-state index in [2.05, 4.69) is 20.1 Å². The van der Waals surface area contributed by atoms with Crippen LogP contribution in [0.1, 0.15) is 12.6 Å². The Morgan fingerprint density at radius 2 is 2.04 bits per heavy atom. The van der Waals surface area contributed by atoms with Crippen molar-refractivity contribution >= 4 is 9.84 Å². The summed E-state index contributed by atoms with van der Waals surface area (Å²) >= 11 is 0. The number of imidazole rings is 1. The van der Waals surface area contributed by atoms with Crippen molar-refractivity contribution in [2.24, 2.45) is 7.05 Å². The van der Waals surface area contributed by atoms with Crippen LogP contribution in [0.25, 0.3) is 17.3 Å². The summed E-state index contributed by atoms with van der Waals surface area (Å²) in [6.07, 6.45) is 4.58. The van der Waals surface area contributed by atoms with Gasteiger partial charge in [0.05, 0.1) is 10.6 Å². The summed E-state index contributed by atoms with van der Waals surface area (Å²) in [4.78, 5) is 12.8. The number of rotatable bonds is 4. The van der Waals surface area contributed by atoms with E-state index in [1.807, 2.05) is 18.5 Å². The first-order valence-electron chi connectivity index (χ1n) is 7.01. The van der Waals surface area contributed by atoms with Crippen LogP contribution in [0.15, 0.2) is 35.9 Å². The summed E-state index contributed by atoms with van der Waals surface area (Å²) in [6.45, 7) is 3.50. The Balaban J connectivity index is 2.28. The zero-order valence-electron chi connectivity index (χ0n) is 13.0. The molecule has 0 amide bonds. The molecule has 120 valence electrons. The van der Waals surface area contributed by atoms with Crippen LogP contribution in [0.5, 0.6) is 0 Å². The SMILES string of the molecule is CCS(=O)(=O)c1ccc(-n2cncn2)nc1-c1ncc(C)n1C. The Bertz CT molecular complexity index is 944. The average molecular weight is 332 g/mol. The second-order valence-corrected chi connectivity index (χ2v) is 7.29. The Labute approximate surface area is 133 Å². The Morgan fingerprint density at radius 1 is 1.26 bits per heavy atom. The van der Waals surface area contributed by atoms with Crippen LogP contribution in [0.4, 0.5) is 0 Å². The lowest BCUT2D eigenvalue weighted by Gasteiger charge is -2.11. The number of nitrogens with zero attached hydrogens (tertiary/aromatic N) is 6. The predicted octanol–water partition coefficient (Wildman–Crippen LogP) is 1.16. The van der Waals surface area contributed by atoms with Crippen LogP contribution >= 0.6 is 0 Å². The minimum atomic E-state index is -3.43. The van der Waals surface area contributed by atoms with E-state index in [4.69, 9.17) is 0 Å². The van der Waals surface area contributed by atoms with E-state index < -0.39 is 9.84 Å². The third-order valence-corrected chi connectivity index (χ3v) is 5.40. The number of hydrogen-bond acceptors (Lipinski definition) is 6. The third-order valence-electron chi connectivity index (χ3n) is 3.64. The number of aryl methyl sites for hydroxylation is 1. The maximum absolute atomic E-state index is 12.4. The lowest BCUT2D eigenvalue weighted by atomic mass is 10.3. The Hall–Kier alpha value is -2.55. The largest absolute Gasteiger partial charge is 0.330 e. The summed E-state index contributed by atoms with van der Waals surface area (Å²) in [5.74, 6) is 0.970. The molecule has 0 N–H and O–H groups in total. The standard InChI is InChI=1S/C14H16N6O2S/c1-4-23(21,22)11-5-6-12(20-9-15-8-17-20)18-13(11)14-16-7-10(2)19(14)3/h5-9H,4H2,1-3H3. The second kappa shape index (κ2) is 5.58. The van der Waals surface area contributed by atoms with E-state index in [0.717, 1.165) is 5.69 Å². The van der Waals surface area contributed by atoms with Gasteiger partial charge < -0.3 is 4.57 Å². The molecule has 0 spiro atoms. The Kier molecular flexibility index (Phi) is 3.72. The van der Waals surface area contributed by atoms with E-state index >= 15 is 0 Å². The van der Waals surface area contributed by atoms with Gasteiger partial charge >= 0.3 is 0 Å². The zero-order chi connectivity index (χ0) is 16.6. The van der Waals surface area contributed by atoms with E-state index in [1.54, 1.807) is 25.3 Å². The molecule has 8 nitrogen and oxygen atoms in total. The van der Waals surface area contributed by atoms with Gasteiger partial charge in [-0.1, -0.05) is 6.92 Å². The first-order chi connectivity index (χ1) is 10.9. The van der Waals surface area contributed by atoms with E-state index in [0.29, 0.717) is 17.3 Å². The average Bonchev–Trinajstić information content (AvgIpc) is 3.18. The molecule has 3 heterocycles. The molecule has 0 radical (unpaired) electrons. The number of hydrogen-bond donors (Lipinski definition) is 0. The fourth-order valence-electron chi connectivity index (χ4n) is 2.17. The fraction of sp³-hybridized carbons (Fsp3) is 0.286. The second-order valence-electron chi connectivity index (χ2n) is 5.04. The van der Waals surface area contributed by atoms with Gasteiger partial charge in [0.15, 0.2) is 21.5 Å². The van der Waals surface area contributed by atoms with Gasteiger partial charge in [-0.25, -0.2) is 28.1 Å². The lowest BCUT2D eigenvalue weighted by molar-refractivity contribution is 0.597. The highest BCUT2D eigenvalue weighted by molar-refractivity contribution is 7.91. The summed E-state index contributed by atoms with van der Waals surface area (Å²) < 4.78 is 28.1. The molecule has 0 aliphatic carbocycles. The van der Waals surface area contributed by atoms with Crippen LogP contribution < -0.4 is 0 Å². The number of pyridine rings is 1. The van der Waals surface area contributed by atoms with Crippen molar-refractivity contribution < 1.29 is 8.42 Å². The number of aromatic nitrogens is 6. The zero-order valence-corrected chi connectivity index (χ0v) is 13.8. The van der Waals surface area contributed by atoms with Gasteiger partial charge in [0.1, 0.15) is 18.3 Å². The van der Waals surface area contributed by atoms with Crippen molar-refractivity contribution in [3.63, 3.8) is 0 Å². The smallest absolute Gasteiger partial charge is 0.180 e. The van der Waals surface area contributed by atoms with E-state index in [9.17, 15) is 8.42 Å². The molecule has 0 aliphatic heterocycles. The molecule has 9 heteroatoms. The molecular formula is C14H16N6O2S. The highest BCUT2D eigenvalue weighted by Gasteiger charge is 2.23. The van der Waals surface area contributed by atoms with Gasteiger partial charge in [0, 0.05) is 18.9 Å².